The number of aliphatic hydroxyl groups is 1. The molecule has 0 aliphatic carbocycles. The van der Waals surface area contributed by atoms with E-state index in [2.05, 4.69) is 15.3 Å². The highest BCUT2D eigenvalue weighted by Gasteiger charge is 2.32. The Bertz CT molecular complexity index is 632. The molecule has 0 unspecified atom stereocenters. The molecule has 0 spiro atoms. The molecule has 3 heterocycles. The van der Waals surface area contributed by atoms with E-state index >= 15 is 0 Å². The molecule has 1 fully saturated rings. The maximum absolute atomic E-state index is 9.74. The summed E-state index contributed by atoms with van der Waals surface area (Å²) in [5, 5.41) is 14.0. The monoisotopic (exact) mass is 291 g/mol. The number of furan rings is 1. The van der Waals surface area contributed by atoms with Gasteiger partial charge in [0.25, 0.3) is 0 Å². The molecule has 2 N–H and O–H groups in total. The van der Waals surface area contributed by atoms with Crippen LogP contribution in [0.15, 0.2) is 10.7 Å². The third kappa shape index (κ3) is 2.61. The van der Waals surface area contributed by atoms with Gasteiger partial charge >= 0.3 is 0 Å². The third-order valence-electron chi connectivity index (χ3n) is 4.49. The molecule has 1 aliphatic rings. The molecule has 2 aromatic heterocycles. The summed E-state index contributed by atoms with van der Waals surface area (Å²) in [6.07, 6.45) is 3.21. The molecular weight excluding hydrogens is 270 g/mol. The average Bonchev–Trinajstić information content (AvgIpc) is 2.82. The first-order chi connectivity index (χ1) is 10.2. The molecule has 1 saturated heterocycles. The van der Waals surface area contributed by atoms with Gasteiger partial charge in [-0.15, -0.1) is 0 Å². The first-order valence-corrected chi connectivity index (χ1v) is 7.28. The van der Waals surface area contributed by atoms with Crippen LogP contribution in [-0.2, 0) is 4.74 Å². The van der Waals surface area contributed by atoms with E-state index in [0.717, 1.165) is 35.4 Å². The maximum atomic E-state index is 9.74. The van der Waals surface area contributed by atoms with E-state index < -0.39 is 0 Å². The van der Waals surface area contributed by atoms with E-state index in [9.17, 15) is 5.11 Å². The molecule has 0 bridgehead atoms. The highest BCUT2D eigenvalue weighted by Crippen LogP contribution is 2.32. The fourth-order valence-corrected chi connectivity index (χ4v) is 2.78. The zero-order chi connectivity index (χ0) is 14.9. The highest BCUT2D eigenvalue weighted by atomic mass is 16.5. The second kappa shape index (κ2) is 5.61. The number of aliphatic hydroxyl groups excluding tert-OH is 1. The lowest BCUT2D eigenvalue weighted by Gasteiger charge is -2.35. The van der Waals surface area contributed by atoms with Crippen molar-refractivity contribution in [1.29, 1.82) is 0 Å². The van der Waals surface area contributed by atoms with Gasteiger partial charge in [0.05, 0.1) is 12.0 Å². The van der Waals surface area contributed by atoms with Crippen molar-refractivity contribution in [3.05, 3.63) is 17.7 Å². The van der Waals surface area contributed by atoms with Gasteiger partial charge in [0.2, 0.25) is 5.71 Å². The number of aromatic nitrogens is 2. The Hall–Kier alpha value is -1.66. The van der Waals surface area contributed by atoms with Crippen molar-refractivity contribution < 1.29 is 14.3 Å². The molecule has 1 aliphatic heterocycles. The number of hydrogen-bond donors (Lipinski definition) is 2. The lowest BCUT2D eigenvalue weighted by Crippen LogP contribution is -2.39. The highest BCUT2D eigenvalue weighted by molar-refractivity contribution is 5.89. The van der Waals surface area contributed by atoms with Crippen LogP contribution in [0.5, 0.6) is 0 Å². The van der Waals surface area contributed by atoms with E-state index in [-0.39, 0.29) is 12.0 Å². The van der Waals surface area contributed by atoms with Gasteiger partial charge < -0.3 is 19.6 Å². The van der Waals surface area contributed by atoms with Crippen molar-refractivity contribution in [3.8, 4) is 0 Å². The van der Waals surface area contributed by atoms with Crippen LogP contribution in [0, 0.1) is 19.3 Å². The Morgan fingerprint density at radius 2 is 2.05 bits per heavy atom. The molecule has 0 radical (unpaired) electrons. The Labute approximate surface area is 123 Å². The molecule has 114 valence electrons. The van der Waals surface area contributed by atoms with Crippen molar-refractivity contribution in [2.75, 3.05) is 31.7 Å². The normalized spacial score (nSPS) is 18.0. The lowest BCUT2D eigenvalue weighted by molar-refractivity contribution is -0.00860. The number of nitrogens with zero attached hydrogens (tertiary/aromatic N) is 2. The van der Waals surface area contributed by atoms with Gasteiger partial charge in [0.15, 0.2) is 0 Å². The fourth-order valence-electron chi connectivity index (χ4n) is 2.78. The van der Waals surface area contributed by atoms with Crippen LogP contribution >= 0.6 is 0 Å². The van der Waals surface area contributed by atoms with Gasteiger partial charge in [-0.25, -0.2) is 9.97 Å². The Morgan fingerprint density at radius 1 is 1.29 bits per heavy atom. The van der Waals surface area contributed by atoms with Crippen LogP contribution < -0.4 is 5.32 Å². The van der Waals surface area contributed by atoms with Gasteiger partial charge in [-0.2, -0.15) is 0 Å². The molecule has 0 atom stereocenters. The van der Waals surface area contributed by atoms with Crippen LogP contribution in [0.25, 0.3) is 11.1 Å². The smallest absolute Gasteiger partial charge is 0.231 e. The lowest BCUT2D eigenvalue weighted by atomic mass is 9.81. The van der Waals surface area contributed by atoms with E-state index in [1.165, 1.54) is 6.33 Å². The van der Waals surface area contributed by atoms with Gasteiger partial charge in [-0.3, -0.25) is 0 Å². The van der Waals surface area contributed by atoms with Crippen LogP contribution in [0.3, 0.4) is 0 Å². The van der Waals surface area contributed by atoms with Crippen molar-refractivity contribution in [2.24, 2.45) is 5.41 Å². The number of hydrogen-bond acceptors (Lipinski definition) is 6. The first kappa shape index (κ1) is 14.3. The molecule has 0 amide bonds. The number of fused-ring (bicyclic) bond motifs is 1. The van der Waals surface area contributed by atoms with Crippen LogP contribution in [0.2, 0.25) is 0 Å². The Balaban J connectivity index is 1.85. The topological polar surface area (TPSA) is 80.4 Å². The largest absolute Gasteiger partial charge is 0.443 e. The Kier molecular flexibility index (Phi) is 3.82. The number of aryl methyl sites for hydroxylation is 2. The predicted octanol–water partition coefficient (Wildman–Crippen LogP) is 2.04. The quantitative estimate of drug-likeness (QED) is 0.897. The minimum atomic E-state index is -0.137. The molecule has 0 saturated carbocycles. The van der Waals surface area contributed by atoms with Crippen molar-refractivity contribution in [1.82, 2.24) is 9.97 Å². The molecule has 6 heteroatoms. The summed E-state index contributed by atoms with van der Waals surface area (Å²) < 4.78 is 11.0. The second-order valence-corrected chi connectivity index (χ2v) is 5.81. The minimum Gasteiger partial charge on any atom is -0.443 e. The number of ether oxygens (including phenoxy) is 1. The fraction of sp³-hybridized carbons (Fsp3) is 0.600. The van der Waals surface area contributed by atoms with Crippen molar-refractivity contribution in [3.63, 3.8) is 0 Å². The number of rotatable bonds is 4. The maximum Gasteiger partial charge on any atom is 0.231 e. The Morgan fingerprint density at radius 3 is 2.76 bits per heavy atom. The molecule has 6 nitrogen and oxygen atoms in total. The van der Waals surface area contributed by atoms with Gasteiger partial charge in [0.1, 0.15) is 17.9 Å². The van der Waals surface area contributed by atoms with E-state index in [0.29, 0.717) is 25.5 Å². The summed E-state index contributed by atoms with van der Waals surface area (Å²) in [6, 6.07) is 0. The van der Waals surface area contributed by atoms with Gasteiger partial charge in [0, 0.05) is 30.7 Å². The van der Waals surface area contributed by atoms with E-state index in [1.54, 1.807) is 0 Å². The summed E-state index contributed by atoms with van der Waals surface area (Å²) >= 11 is 0. The number of anilines is 1. The van der Waals surface area contributed by atoms with E-state index in [1.807, 2.05) is 13.8 Å². The summed E-state index contributed by atoms with van der Waals surface area (Å²) in [5.74, 6) is 1.63. The summed E-state index contributed by atoms with van der Waals surface area (Å²) in [5.41, 5.74) is 1.52. The van der Waals surface area contributed by atoms with Gasteiger partial charge in [-0.05, 0) is 26.7 Å². The SMILES string of the molecule is Cc1oc2ncnc(NCC3(CO)CCOCC3)c2c1C. The first-order valence-electron chi connectivity index (χ1n) is 7.28. The van der Waals surface area contributed by atoms with E-state index in [4.69, 9.17) is 9.15 Å². The zero-order valence-electron chi connectivity index (χ0n) is 12.5. The summed E-state index contributed by atoms with van der Waals surface area (Å²) in [6.45, 7) is 6.15. The summed E-state index contributed by atoms with van der Waals surface area (Å²) in [4.78, 5) is 8.50. The van der Waals surface area contributed by atoms with Crippen LogP contribution in [0.4, 0.5) is 5.82 Å². The molecule has 3 rings (SSSR count). The molecular formula is C15H21N3O3. The standard InChI is InChI=1S/C15H21N3O3/c1-10-11(2)21-14-12(10)13(17-9-18-14)16-7-15(8-19)3-5-20-6-4-15/h9,19H,3-8H2,1-2H3,(H,16,17,18). The van der Waals surface area contributed by atoms with Gasteiger partial charge in [-0.1, -0.05) is 0 Å². The molecule has 21 heavy (non-hydrogen) atoms. The predicted molar refractivity (Wildman–Crippen MR) is 79.3 cm³/mol. The average molecular weight is 291 g/mol. The van der Waals surface area contributed by atoms with Crippen LogP contribution in [-0.4, -0.2) is 41.4 Å². The molecule has 2 aromatic rings. The second-order valence-electron chi connectivity index (χ2n) is 5.81. The minimum absolute atomic E-state index is 0.137. The van der Waals surface area contributed by atoms with Crippen molar-refractivity contribution in [2.45, 2.75) is 26.7 Å². The number of nitrogens with one attached hydrogen (secondary N) is 1. The molecule has 0 aromatic carbocycles. The zero-order valence-corrected chi connectivity index (χ0v) is 12.5. The van der Waals surface area contributed by atoms with Crippen molar-refractivity contribution >= 4 is 16.9 Å². The third-order valence-corrected chi connectivity index (χ3v) is 4.49. The van der Waals surface area contributed by atoms with Crippen LogP contribution in [0.1, 0.15) is 24.2 Å². The summed E-state index contributed by atoms with van der Waals surface area (Å²) in [7, 11) is 0.